The summed E-state index contributed by atoms with van der Waals surface area (Å²) in [7, 11) is 3.90. The van der Waals surface area contributed by atoms with Crippen molar-refractivity contribution in [3.63, 3.8) is 0 Å². The van der Waals surface area contributed by atoms with Gasteiger partial charge in [0.2, 0.25) is 5.95 Å². The van der Waals surface area contributed by atoms with Crippen LogP contribution in [-0.4, -0.2) is 55.1 Å². The Hall–Kier alpha value is -2.28. The molecule has 2 aromatic rings. The van der Waals surface area contributed by atoms with E-state index in [1.54, 1.807) is 12.3 Å². The van der Waals surface area contributed by atoms with Crippen LogP contribution < -0.4 is 9.80 Å². The molecule has 24 heavy (non-hydrogen) atoms. The maximum atomic E-state index is 13.3. The van der Waals surface area contributed by atoms with E-state index in [1.165, 1.54) is 12.1 Å². The maximum absolute atomic E-state index is 13.3. The fourth-order valence-electron chi connectivity index (χ4n) is 2.74. The summed E-state index contributed by atoms with van der Waals surface area (Å²) in [6.07, 6.45) is 1.77. The second-order valence-corrected chi connectivity index (χ2v) is 6.12. The lowest BCUT2D eigenvalue weighted by atomic mass is 10.2. The minimum absolute atomic E-state index is 0.615. The summed E-state index contributed by atoms with van der Waals surface area (Å²) in [5.74, 6) is 0.0134. The van der Waals surface area contributed by atoms with Crippen molar-refractivity contribution in [2.75, 3.05) is 50.1 Å². The van der Waals surface area contributed by atoms with Crippen molar-refractivity contribution in [1.82, 2.24) is 14.9 Å². The Morgan fingerprint density at radius 3 is 2.46 bits per heavy atom. The quantitative estimate of drug-likeness (QED) is 0.857. The van der Waals surface area contributed by atoms with Crippen LogP contribution in [-0.2, 0) is 6.54 Å². The molecular formula is C17H21F2N5. The predicted octanol–water partition coefficient (Wildman–Crippen LogP) is 2.14. The molecule has 1 aromatic carbocycles. The molecular weight excluding hydrogens is 312 g/mol. The first-order valence-corrected chi connectivity index (χ1v) is 7.94. The highest BCUT2D eigenvalue weighted by atomic mass is 19.2. The van der Waals surface area contributed by atoms with Crippen LogP contribution in [0.15, 0.2) is 30.5 Å². The highest BCUT2D eigenvalue weighted by Crippen LogP contribution is 2.17. The molecule has 3 rings (SSSR count). The fourth-order valence-corrected chi connectivity index (χ4v) is 2.74. The molecule has 0 aliphatic carbocycles. The van der Waals surface area contributed by atoms with Crippen LogP contribution in [0.1, 0.15) is 5.56 Å². The third-order valence-electron chi connectivity index (χ3n) is 4.13. The van der Waals surface area contributed by atoms with Crippen molar-refractivity contribution in [2.24, 2.45) is 0 Å². The van der Waals surface area contributed by atoms with E-state index in [2.05, 4.69) is 19.8 Å². The zero-order valence-electron chi connectivity index (χ0n) is 13.9. The second-order valence-electron chi connectivity index (χ2n) is 6.12. The van der Waals surface area contributed by atoms with Crippen LogP contribution in [0.25, 0.3) is 0 Å². The number of hydrogen-bond acceptors (Lipinski definition) is 5. The van der Waals surface area contributed by atoms with Gasteiger partial charge in [0.25, 0.3) is 0 Å². The summed E-state index contributed by atoms with van der Waals surface area (Å²) in [5.41, 5.74) is 0.785. The molecule has 0 atom stereocenters. The summed E-state index contributed by atoms with van der Waals surface area (Å²) in [4.78, 5) is 15.2. The van der Waals surface area contributed by atoms with Gasteiger partial charge in [0.05, 0.1) is 0 Å². The van der Waals surface area contributed by atoms with E-state index >= 15 is 0 Å². The number of aromatic nitrogens is 2. The van der Waals surface area contributed by atoms with Gasteiger partial charge in [-0.05, 0) is 23.8 Å². The summed E-state index contributed by atoms with van der Waals surface area (Å²) in [6.45, 7) is 3.88. The summed E-state index contributed by atoms with van der Waals surface area (Å²) in [5, 5.41) is 0. The summed E-state index contributed by atoms with van der Waals surface area (Å²) >= 11 is 0. The molecule has 0 radical (unpaired) electrons. The van der Waals surface area contributed by atoms with Crippen molar-refractivity contribution in [3.8, 4) is 0 Å². The zero-order chi connectivity index (χ0) is 17.1. The molecule has 5 nitrogen and oxygen atoms in total. The van der Waals surface area contributed by atoms with Crippen molar-refractivity contribution >= 4 is 11.8 Å². The number of rotatable bonds is 4. The molecule has 1 aliphatic rings. The topological polar surface area (TPSA) is 35.5 Å². The fraction of sp³-hybridized carbons (Fsp3) is 0.412. The minimum atomic E-state index is -0.804. The Kier molecular flexibility index (Phi) is 4.89. The smallest absolute Gasteiger partial charge is 0.227 e. The summed E-state index contributed by atoms with van der Waals surface area (Å²) in [6, 6.07) is 5.96. The van der Waals surface area contributed by atoms with E-state index in [4.69, 9.17) is 0 Å². The van der Waals surface area contributed by atoms with E-state index in [-0.39, 0.29) is 0 Å². The molecule has 1 aromatic heterocycles. The molecule has 0 N–H and O–H groups in total. The predicted molar refractivity (Wildman–Crippen MR) is 90.2 cm³/mol. The van der Waals surface area contributed by atoms with Gasteiger partial charge in [0.15, 0.2) is 11.6 Å². The molecule has 128 valence electrons. The average molecular weight is 333 g/mol. The molecule has 0 bridgehead atoms. The first-order chi connectivity index (χ1) is 11.5. The van der Waals surface area contributed by atoms with Crippen LogP contribution in [0.3, 0.4) is 0 Å². The third kappa shape index (κ3) is 3.79. The van der Waals surface area contributed by atoms with Crippen LogP contribution in [0, 0.1) is 11.6 Å². The lowest BCUT2D eigenvalue weighted by Crippen LogP contribution is -2.46. The van der Waals surface area contributed by atoms with Crippen molar-refractivity contribution in [3.05, 3.63) is 47.7 Å². The first kappa shape index (κ1) is 16.6. The molecule has 1 fully saturated rings. The highest BCUT2D eigenvalue weighted by molar-refractivity contribution is 5.42. The molecule has 1 aliphatic heterocycles. The normalized spacial score (nSPS) is 15.6. The zero-order valence-corrected chi connectivity index (χ0v) is 13.9. The van der Waals surface area contributed by atoms with Gasteiger partial charge in [0, 0.05) is 53.0 Å². The van der Waals surface area contributed by atoms with Crippen LogP contribution >= 0.6 is 0 Å². The minimum Gasteiger partial charge on any atom is -0.363 e. The number of piperazine rings is 1. The Balaban J connectivity index is 1.59. The largest absolute Gasteiger partial charge is 0.363 e. The van der Waals surface area contributed by atoms with Gasteiger partial charge in [-0.15, -0.1) is 0 Å². The second kappa shape index (κ2) is 7.09. The monoisotopic (exact) mass is 333 g/mol. The number of nitrogens with zero attached hydrogens (tertiary/aromatic N) is 5. The number of hydrogen-bond donors (Lipinski definition) is 0. The SMILES string of the molecule is CN(C)c1ccnc(N2CCN(Cc3ccc(F)c(F)c3)CC2)n1. The lowest BCUT2D eigenvalue weighted by Gasteiger charge is -2.35. The molecule has 0 amide bonds. The van der Waals surface area contributed by atoms with E-state index in [0.29, 0.717) is 6.54 Å². The van der Waals surface area contributed by atoms with Gasteiger partial charge >= 0.3 is 0 Å². The van der Waals surface area contributed by atoms with E-state index in [0.717, 1.165) is 43.5 Å². The van der Waals surface area contributed by atoms with Crippen LogP contribution in [0.4, 0.5) is 20.5 Å². The third-order valence-corrected chi connectivity index (χ3v) is 4.13. The molecule has 0 unspecified atom stereocenters. The van der Waals surface area contributed by atoms with Gasteiger partial charge < -0.3 is 9.80 Å². The molecule has 0 saturated carbocycles. The molecule has 0 spiro atoms. The van der Waals surface area contributed by atoms with E-state index < -0.39 is 11.6 Å². The number of halogens is 2. The van der Waals surface area contributed by atoms with Crippen LogP contribution in [0.2, 0.25) is 0 Å². The molecule has 7 heteroatoms. The van der Waals surface area contributed by atoms with Crippen molar-refractivity contribution < 1.29 is 8.78 Å². The van der Waals surface area contributed by atoms with Crippen LogP contribution in [0.5, 0.6) is 0 Å². The Morgan fingerprint density at radius 2 is 1.79 bits per heavy atom. The van der Waals surface area contributed by atoms with Gasteiger partial charge in [-0.1, -0.05) is 6.07 Å². The Labute approximate surface area is 140 Å². The lowest BCUT2D eigenvalue weighted by molar-refractivity contribution is 0.248. The van der Waals surface area contributed by atoms with Gasteiger partial charge in [-0.25, -0.2) is 13.8 Å². The standard InChI is InChI=1S/C17H21F2N5/c1-22(2)16-5-6-20-17(21-16)24-9-7-23(8-10-24)12-13-3-4-14(18)15(19)11-13/h3-6,11H,7-10,12H2,1-2H3. The van der Waals surface area contributed by atoms with Gasteiger partial charge in [-0.3, -0.25) is 4.90 Å². The van der Waals surface area contributed by atoms with Crippen molar-refractivity contribution in [1.29, 1.82) is 0 Å². The first-order valence-electron chi connectivity index (χ1n) is 7.94. The number of benzene rings is 1. The molecule has 1 saturated heterocycles. The number of anilines is 2. The highest BCUT2D eigenvalue weighted by Gasteiger charge is 2.19. The maximum Gasteiger partial charge on any atom is 0.227 e. The van der Waals surface area contributed by atoms with Gasteiger partial charge in [-0.2, -0.15) is 4.98 Å². The Morgan fingerprint density at radius 1 is 1.04 bits per heavy atom. The Bertz CT molecular complexity index is 699. The molecule has 2 heterocycles. The van der Waals surface area contributed by atoms with E-state index in [9.17, 15) is 8.78 Å². The average Bonchev–Trinajstić information content (AvgIpc) is 2.59. The van der Waals surface area contributed by atoms with Crippen molar-refractivity contribution in [2.45, 2.75) is 6.54 Å². The van der Waals surface area contributed by atoms with E-state index in [1.807, 2.05) is 25.1 Å². The summed E-state index contributed by atoms with van der Waals surface area (Å²) < 4.78 is 26.3. The van der Waals surface area contributed by atoms with Gasteiger partial charge in [0.1, 0.15) is 5.82 Å².